The van der Waals surface area contributed by atoms with Gasteiger partial charge in [0.2, 0.25) is 0 Å². The van der Waals surface area contributed by atoms with Gasteiger partial charge in [0, 0.05) is 6.42 Å². The van der Waals surface area contributed by atoms with E-state index in [0.717, 1.165) is 12.8 Å². The lowest BCUT2D eigenvalue weighted by Crippen LogP contribution is -2.23. The van der Waals surface area contributed by atoms with E-state index in [9.17, 15) is 20.1 Å². The fraction of sp³-hybridized carbons (Fsp3) is 0.650. The second-order valence-electron chi connectivity index (χ2n) is 6.21. The molecule has 0 aliphatic heterocycles. The summed E-state index contributed by atoms with van der Waals surface area (Å²) in [6.45, 7) is 2.15. The van der Waals surface area contributed by atoms with Gasteiger partial charge in [0.1, 0.15) is 0 Å². The summed E-state index contributed by atoms with van der Waals surface area (Å²) in [6.07, 6.45) is 14.5. The van der Waals surface area contributed by atoms with Crippen LogP contribution >= 0.6 is 0 Å². The van der Waals surface area contributed by atoms with Crippen LogP contribution in [0.4, 0.5) is 0 Å². The zero-order valence-electron chi connectivity index (χ0n) is 15.3. The molecule has 0 heterocycles. The molecule has 0 aromatic carbocycles. The van der Waals surface area contributed by atoms with E-state index in [1.165, 1.54) is 25.0 Å². The summed E-state index contributed by atoms with van der Waals surface area (Å²) in [5.74, 6) is -0.806. The number of hydrogen-bond donors (Lipinski definition) is 4. The van der Waals surface area contributed by atoms with Crippen LogP contribution in [-0.2, 0) is 4.79 Å². The van der Waals surface area contributed by atoms with E-state index in [4.69, 9.17) is 5.11 Å². The molecular weight excluding hydrogens is 320 g/mol. The third-order valence-electron chi connectivity index (χ3n) is 3.75. The van der Waals surface area contributed by atoms with Crippen molar-refractivity contribution < 1.29 is 25.2 Å². The number of aliphatic hydroxyl groups is 3. The van der Waals surface area contributed by atoms with Crippen LogP contribution in [0.3, 0.4) is 0 Å². The van der Waals surface area contributed by atoms with Crippen molar-refractivity contribution in [2.24, 2.45) is 0 Å². The molecule has 0 aliphatic rings. The Bertz CT molecular complexity index is 414. The van der Waals surface area contributed by atoms with Crippen molar-refractivity contribution in [1.29, 1.82) is 0 Å². The maximum absolute atomic E-state index is 10.3. The van der Waals surface area contributed by atoms with Crippen molar-refractivity contribution in [2.45, 2.75) is 83.0 Å². The van der Waals surface area contributed by atoms with E-state index in [2.05, 4.69) is 6.92 Å². The minimum absolute atomic E-state index is 0.143. The Morgan fingerprint density at radius 1 is 0.880 bits per heavy atom. The fourth-order valence-corrected chi connectivity index (χ4v) is 2.18. The average Bonchev–Trinajstić information content (AvgIpc) is 2.58. The quantitative estimate of drug-likeness (QED) is 0.267. The summed E-state index contributed by atoms with van der Waals surface area (Å²) in [7, 11) is 0. The van der Waals surface area contributed by atoms with Gasteiger partial charge in [-0.1, -0.05) is 56.2 Å². The van der Waals surface area contributed by atoms with Gasteiger partial charge in [0.15, 0.2) is 0 Å². The SMILES string of the molecule is CCCCC/C=C\C[C@H](O)[C@H](O)/C=C/[C@H](O)C/C=C\CCCC(=O)O. The summed E-state index contributed by atoms with van der Waals surface area (Å²) in [4.78, 5) is 10.3. The summed E-state index contributed by atoms with van der Waals surface area (Å²) in [6, 6.07) is 0. The topological polar surface area (TPSA) is 98.0 Å². The molecule has 0 unspecified atom stereocenters. The predicted molar refractivity (Wildman–Crippen MR) is 100 cm³/mol. The predicted octanol–water partition coefficient (Wildman–Crippen LogP) is 3.35. The van der Waals surface area contributed by atoms with E-state index in [0.29, 0.717) is 25.7 Å². The highest BCUT2D eigenvalue weighted by Gasteiger charge is 2.11. The first-order valence-corrected chi connectivity index (χ1v) is 9.21. The van der Waals surface area contributed by atoms with Crippen molar-refractivity contribution >= 4 is 5.97 Å². The van der Waals surface area contributed by atoms with Crippen LogP contribution in [0.25, 0.3) is 0 Å². The molecule has 0 saturated carbocycles. The number of aliphatic carboxylic acids is 1. The standard InChI is InChI=1S/C20H34O5/c1-2-3-4-5-6-10-13-18(22)19(23)16-15-17(21)12-9-7-8-11-14-20(24)25/h6-7,9-10,15-19,21-23H,2-5,8,11-14H2,1H3,(H,24,25)/b9-7-,10-6-,16-15+/t17-,18+,19-/m1/s1. The largest absolute Gasteiger partial charge is 0.481 e. The minimum Gasteiger partial charge on any atom is -0.481 e. The highest BCUT2D eigenvalue weighted by molar-refractivity contribution is 5.66. The summed E-state index contributed by atoms with van der Waals surface area (Å²) in [5.41, 5.74) is 0. The maximum atomic E-state index is 10.3. The number of rotatable bonds is 15. The number of aliphatic hydroxyl groups excluding tert-OH is 3. The van der Waals surface area contributed by atoms with Crippen LogP contribution in [0.5, 0.6) is 0 Å². The van der Waals surface area contributed by atoms with Crippen LogP contribution in [0.2, 0.25) is 0 Å². The van der Waals surface area contributed by atoms with Gasteiger partial charge in [-0.05, 0) is 38.5 Å². The lowest BCUT2D eigenvalue weighted by atomic mass is 10.1. The van der Waals surface area contributed by atoms with E-state index in [-0.39, 0.29) is 6.42 Å². The number of allylic oxidation sites excluding steroid dienone is 2. The Hall–Kier alpha value is -1.43. The summed E-state index contributed by atoms with van der Waals surface area (Å²) >= 11 is 0. The molecule has 25 heavy (non-hydrogen) atoms. The Kier molecular flexibility index (Phi) is 15.1. The van der Waals surface area contributed by atoms with E-state index < -0.39 is 24.3 Å². The third-order valence-corrected chi connectivity index (χ3v) is 3.75. The van der Waals surface area contributed by atoms with E-state index in [1.807, 2.05) is 18.2 Å². The molecule has 0 aliphatic carbocycles. The van der Waals surface area contributed by atoms with Crippen molar-refractivity contribution in [3.05, 3.63) is 36.5 Å². The molecule has 144 valence electrons. The molecule has 0 rings (SSSR count). The van der Waals surface area contributed by atoms with Gasteiger partial charge in [-0.2, -0.15) is 0 Å². The molecule has 0 radical (unpaired) electrons. The van der Waals surface area contributed by atoms with Crippen LogP contribution in [0.1, 0.15) is 64.7 Å². The highest BCUT2D eigenvalue weighted by atomic mass is 16.4. The average molecular weight is 354 g/mol. The lowest BCUT2D eigenvalue weighted by Gasteiger charge is -2.13. The molecule has 0 spiro atoms. The Balaban J connectivity index is 3.91. The molecule has 0 amide bonds. The third kappa shape index (κ3) is 15.8. The fourth-order valence-electron chi connectivity index (χ4n) is 2.18. The molecule has 0 saturated heterocycles. The molecule has 3 atom stereocenters. The zero-order chi connectivity index (χ0) is 18.9. The normalized spacial score (nSPS) is 16.0. The lowest BCUT2D eigenvalue weighted by molar-refractivity contribution is -0.137. The summed E-state index contributed by atoms with van der Waals surface area (Å²) < 4.78 is 0. The van der Waals surface area contributed by atoms with Crippen LogP contribution < -0.4 is 0 Å². The van der Waals surface area contributed by atoms with Crippen LogP contribution in [-0.4, -0.2) is 44.7 Å². The smallest absolute Gasteiger partial charge is 0.303 e. The Labute approximate surface area is 151 Å². The van der Waals surface area contributed by atoms with Crippen molar-refractivity contribution in [2.75, 3.05) is 0 Å². The number of unbranched alkanes of at least 4 members (excludes halogenated alkanes) is 4. The van der Waals surface area contributed by atoms with Crippen LogP contribution in [0, 0.1) is 0 Å². The number of hydrogen-bond acceptors (Lipinski definition) is 4. The van der Waals surface area contributed by atoms with Gasteiger partial charge < -0.3 is 20.4 Å². The van der Waals surface area contributed by atoms with Gasteiger partial charge in [0.05, 0.1) is 18.3 Å². The molecule has 5 heteroatoms. The number of carboxylic acid groups (broad SMARTS) is 1. The number of carboxylic acids is 1. The van der Waals surface area contributed by atoms with Crippen molar-refractivity contribution in [3.63, 3.8) is 0 Å². The molecule has 0 bridgehead atoms. The first-order chi connectivity index (χ1) is 12.0. The van der Waals surface area contributed by atoms with E-state index >= 15 is 0 Å². The first-order valence-electron chi connectivity index (χ1n) is 9.21. The minimum atomic E-state index is -1.01. The second-order valence-corrected chi connectivity index (χ2v) is 6.21. The van der Waals surface area contributed by atoms with Gasteiger partial charge >= 0.3 is 5.97 Å². The summed E-state index contributed by atoms with van der Waals surface area (Å²) in [5, 5.41) is 38.0. The number of carbonyl (C=O) groups is 1. The highest BCUT2D eigenvalue weighted by Crippen LogP contribution is 2.06. The molecule has 4 N–H and O–H groups in total. The molecule has 0 aromatic heterocycles. The Morgan fingerprint density at radius 2 is 1.52 bits per heavy atom. The van der Waals surface area contributed by atoms with Crippen molar-refractivity contribution in [1.82, 2.24) is 0 Å². The van der Waals surface area contributed by atoms with Gasteiger partial charge in [-0.3, -0.25) is 4.79 Å². The monoisotopic (exact) mass is 354 g/mol. The molecule has 5 nitrogen and oxygen atoms in total. The van der Waals surface area contributed by atoms with Gasteiger partial charge in [-0.25, -0.2) is 0 Å². The maximum Gasteiger partial charge on any atom is 0.303 e. The zero-order valence-corrected chi connectivity index (χ0v) is 15.3. The molecular formula is C20H34O5. The van der Waals surface area contributed by atoms with Crippen LogP contribution in [0.15, 0.2) is 36.5 Å². The van der Waals surface area contributed by atoms with Crippen molar-refractivity contribution in [3.8, 4) is 0 Å². The molecule has 0 fully saturated rings. The second kappa shape index (κ2) is 16.1. The van der Waals surface area contributed by atoms with Gasteiger partial charge in [-0.15, -0.1) is 0 Å². The molecule has 0 aromatic rings. The van der Waals surface area contributed by atoms with E-state index in [1.54, 1.807) is 6.08 Å². The Morgan fingerprint density at radius 3 is 2.16 bits per heavy atom. The van der Waals surface area contributed by atoms with Gasteiger partial charge in [0.25, 0.3) is 0 Å². The first kappa shape index (κ1) is 23.6.